The van der Waals surface area contributed by atoms with E-state index >= 15 is 0 Å². The van der Waals surface area contributed by atoms with Gasteiger partial charge in [0.25, 0.3) is 0 Å². The molecular formula is C38H27N3O2. The number of para-hydroxylation sites is 4. The van der Waals surface area contributed by atoms with E-state index in [1.807, 2.05) is 18.2 Å². The van der Waals surface area contributed by atoms with E-state index in [2.05, 4.69) is 137 Å². The van der Waals surface area contributed by atoms with Gasteiger partial charge in [0.2, 0.25) is 0 Å². The zero-order chi connectivity index (χ0) is 28.5. The Morgan fingerprint density at radius 2 is 1.33 bits per heavy atom. The second-order valence-corrected chi connectivity index (χ2v) is 11.1. The lowest BCUT2D eigenvalue weighted by Gasteiger charge is -2.20. The molecule has 1 aliphatic heterocycles. The van der Waals surface area contributed by atoms with Crippen LogP contribution in [-0.4, -0.2) is 18.3 Å². The van der Waals surface area contributed by atoms with Crippen molar-refractivity contribution in [3.05, 3.63) is 133 Å². The maximum absolute atomic E-state index is 6.56. The van der Waals surface area contributed by atoms with Crippen LogP contribution in [-0.2, 0) is 0 Å². The molecule has 2 aromatic heterocycles. The molecule has 0 aliphatic carbocycles. The molecule has 0 atom stereocenters. The molecule has 0 bridgehead atoms. The van der Waals surface area contributed by atoms with Crippen molar-refractivity contribution in [2.75, 3.05) is 23.5 Å². The van der Waals surface area contributed by atoms with Crippen LogP contribution in [0.5, 0.6) is 11.5 Å². The molecule has 0 spiro atoms. The first-order chi connectivity index (χ1) is 21.2. The first-order valence-corrected chi connectivity index (χ1v) is 14.5. The second-order valence-electron chi connectivity index (χ2n) is 11.1. The molecule has 6 aromatic carbocycles. The van der Waals surface area contributed by atoms with Gasteiger partial charge in [0.15, 0.2) is 0 Å². The highest BCUT2D eigenvalue weighted by atomic mass is 16.5. The van der Waals surface area contributed by atoms with Gasteiger partial charge in [0.05, 0.1) is 34.5 Å². The summed E-state index contributed by atoms with van der Waals surface area (Å²) in [5.74, 6) is 1.59. The van der Waals surface area contributed by atoms with Crippen LogP contribution in [0.1, 0.15) is 0 Å². The fourth-order valence-corrected chi connectivity index (χ4v) is 6.65. The van der Waals surface area contributed by atoms with E-state index in [1.165, 1.54) is 22.1 Å². The Hall–Kier alpha value is -5.68. The Morgan fingerprint density at radius 3 is 2.23 bits per heavy atom. The topological polar surface area (TPSA) is 33.8 Å². The van der Waals surface area contributed by atoms with Crippen LogP contribution in [0.3, 0.4) is 0 Å². The van der Waals surface area contributed by atoms with Gasteiger partial charge in [0, 0.05) is 46.7 Å². The van der Waals surface area contributed by atoms with Crippen molar-refractivity contribution in [3.63, 3.8) is 0 Å². The number of anilines is 3. The fraction of sp³-hybridized carbons (Fsp3) is 0.0526. The Morgan fingerprint density at radius 1 is 0.581 bits per heavy atom. The number of benzene rings is 6. The number of furan rings is 1. The average molecular weight is 558 g/mol. The van der Waals surface area contributed by atoms with Crippen LogP contribution < -0.4 is 14.5 Å². The van der Waals surface area contributed by atoms with Crippen LogP contribution in [0.25, 0.3) is 49.4 Å². The highest BCUT2D eigenvalue weighted by molar-refractivity contribution is 6.24. The fourth-order valence-electron chi connectivity index (χ4n) is 6.65. The van der Waals surface area contributed by atoms with Gasteiger partial charge in [-0.25, -0.2) is 0 Å². The van der Waals surface area contributed by atoms with Crippen molar-refractivity contribution in [1.29, 1.82) is 0 Å². The molecule has 43 heavy (non-hydrogen) atoms. The summed E-state index contributed by atoms with van der Waals surface area (Å²) in [5, 5.41) is 4.59. The number of hydrogen-bond donors (Lipinski definition) is 0. The number of aromatic nitrogens is 1. The highest BCUT2D eigenvalue weighted by Crippen LogP contribution is 2.43. The molecule has 9 rings (SSSR count). The van der Waals surface area contributed by atoms with Gasteiger partial charge in [-0.1, -0.05) is 54.6 Å². The lowest BCUT2D eigenvalue weighted by atomic mass is 10.1. The number of ether oxygens (including phenoxy) is 1. The Kier molecular flexibility index (Phi) is 5.11. The normalized spacial score (nSPS) is 13.0. The quantitative estimate of drug-likeness (QED) is 0.216. The monoisotopic (exact) mass is 557 g/mol. The summed E-state index contributed by atoms with van der Waals surface area (Å²) in [6, 6.07) is 46.3. The SMILES string of the molecule is CN1CN(c2cccc(Oc3ccc4c5ccc6oc7ccccc7c6c5n(-c5ccccc5)c4c3)c2)c2ccccc21. The molecule has 0 amide bonds. The van der Waals surface area contributed by atoms with Crippen molar-refractivity contribution in [1.82, 2.24) is 4.57 Å². The third-order valence-electron chi connectivity index (χ3n) is 8.56. The molecule has 1 aliphatic rings. The smallest absolute Gasteiger partial charge is 0.137 e. The molecule has 8 aromatic rings. The minimum atomic E-state index is 0.789. The van der Waals surface area contributed by atoms with Crippen LogP contribution >= 0.6 is 0 Å². The third-order valence-corrected chi connectivity index (χ3v) is 8.56. The Bertz CT molecular complexity index is 2330. The van der Waals surface area contributed by atoms with E-state index < -0.39 is 0 Å². The summed E-state index contributed by atoms with van der Waals surface area (Å²) < 4.78 is 15.2. The van der Waals surface area contributed by atoms with Gasteiger partial charge in [0.1, 0.15) is 22.7 Å². The van der Waals surface area contributed by atoms with E-state index in [-0.39, 0.29) is 0 Å². The predicted octanol–water partition coefficient (Wildman–Crippen LogP) is 10.0. The standard InChI is InChI=1S/C38H27N3O2/c1-39-24-40(33-16-7-6-15-32(33)39)26-12-9-13-27(22-26)42-28-18-19-29-30-20-21-36-37(31-14-5-8-17-35(31)43-36)38(30)41(34(29)23-28)25-10-3-2-4-11-25/h2-23H,24H2,1H3. The zero-order valence-electron chi connectivity index (χ0n) is 23.6. The van der Waals surface area contributed by atoms with E-state index in [4.69, 9.17) is 9.15 Å². The second kappa shape index (κ2) is 9.16. The molecule has 0 radical (unpaired) electrons. The Labute approximate surface area is 248 Å². The Balaban J connectivity index is 1.20. The minimum absolute atomic E-state index is 0.789. The van der Waals surface area contributed by atoms with Gasteiger partial charge >= 0.3 is 0 Å². The number of rotatable bonds is 4. The van der Waals surface area contributed by atoms with Gasteiger partial charge in [-0.15, -0.1) is 0 Å². The molecule has 206 valence electrons. The molecule has 5 nitrogen and oxygen atoms in total. The van der Waals surface area contributed by atoms with Crippen molar-refractivity contribution in [2.24, 2.45) is 0 Å². The van der Waals surface area contributed by atoms with Crippen LogP contribution in [0.2, 0.25) is 0 Å². The number of fused-ring (bicyclic) bond motifs is 8. The first kappa shape index (κ1) is 24.0. The van der Waals surface area contributed by atoms with Crippen molar-refractivity contribution < 1.29 is 9.15 Å². The molecule has 0 saturated carbocycles. The lowest BCUT2D eigenvalue weighted by molar-refractivity contribution is 0.483. The average Bonchev–Trinajstić information content (AvgIpc) is 3.70. The van der Waals surface area contributed by atoms with Gasteiger partial charge < -0.3 is 23.5 Å². The summed E-state index contributed by atoms with van der Waals surface area (Å²) in [5.41, 5.74) is 8.63. The molecule has 3 heterocycles. The highest BCUT2D eigenvalue weighted by Gasteiger charge is 2.24. The molecule has 0 fully saturated rings. The summed E-state index contributed by atoms with van der Waals surface area (Å²) >= 11 is 0. The van der Waals surface area contributed by atoms with Crippen molar-refractivity contribution >= 4 is 60.8 Å². The summed E-state index contributed by atoms with van der Waals surface area (Å²) in [6.07, 6.45) is 0. The van der Waals surface area contributed by atoms with E-state index in [9.17, 15) is 0 Å². The van der Waals surface area contributed by atoms with E-state index in [0.717, 1.165) is 62.5 Å². The predicted molar refractivity (Wildman–Crippen MR) is 176 cm³/mol. The third kappa shape index (κ3) is 3.65. The van der Waals surface area contributed by atoms with Gasteiger partial charge in [-0.2, -0.15) is 0 Å². The van der Waals surface area contributed by atoms with Crippen LogP contribution in [0, 0.1) is 0 Å². The largest absolute Gasteiger partial charge is 0.457 e. The van der Waals surface area contributed by atoms with E-state index in [0.29, 0.717) is 0 Å². The summed E-state index contributed by atoms with van der Waals surface area (Å²) in [6.45, 7) is 0.795. The lowest BCUT2D eigenvalue weighted by Crippen LogP contribution is -2.23. The molecule has 0 N–H and O–H groups in total. The molecule has 0 saturated heterocycles. The zero-order valence-corrected chi connectivity index (χ0v) is 23.6. The molecule has 5 heteroatoms. The van der Waals surface area contributed by atoms with Crippen molar-refractivity contribution in [2.45, 2.75) is 0 Å². The minimum Gasteiger partial charge on any atom is -0.457 e. The first-order valence-electron chi connectivity index (χ1n) is 14.5. The summed E-state index contributed by atoms with van der Waals surface area (Å²) in [4.78, 5) is 4.58. The van der Waals surface area contributed by atoms with Gasteiger partial charge in [-0.05, 0) is 66.7 Å². The number of nitrogens with zero attached hydrogens (tertiary/aromatic N) is 3. The maximum Gasteiger partial charge on any atom is 0.137 e. The van der Waals surface area contributed by atoms with E-state index in [1.54, 1.807) is 0 Å². The van der Waals surface area contributed by atoms with Crippen LogP contribution in [0.15, 0.2) is 138 Å². The van der Waals surface area contributed by atoms with Crippen LogP contribution in [0.4, 0.5) is 17.1 Å². The van der Waals surface area contributed by atoms with Gasteiger partial charge in [-0.3, -0.25) is 0 Å². The number of hydrogen-bond acceptors (Lipinski definition) is 4. The maximum atomic E-state index is 6.56. The summed E-state index contributed by atoms with van der Waals surface area (Å²) in [7, 11) is 2.13. The van der Waals surface area contributed by atoms with Crippen molar-refractivity contribution in [3.8, 4) is 17.2 Å². The molecule has 0 unspecified atom stereocenters. The molecular weight excluding hydrogens is 530 g/mol.